The highest BCUT2D eigenvalue weighted by molar-refractivity contribution is 5.91. The van der Waals surface area contributed by atoms with E-state index in [1.807, 2.05) is 31.7 Å². The van der Waals surface area contributed by atoms with Gasteiger partial charge in [0.2, 0.25) is 5.91 Å². The number of aromatic nitrogens is 3. The standard InChI is InChI=1S/C30H32F2N6O3/c1-5-8-22-27(17(3)11-12-33-22)38-29-19(15-21(32)26(34-29)25-20(31)9-7-10-23(25)39)28(35-30(38)41)37-14-13-36(16-18(37)4)24(40)6-2/h6-7,9-12,15,18,22,27,39H,2,5,8,13-14,16H2,1,3-4H3/t18-,22?,27?/m0/s1. The molecule has 2 unspecified atom stereocenters. The number of rotatable bonds is 6. The van der Waals surface area contributed by atoms with Crippen LogP contribution in [0.2, 0.25) is 0 Å². The number of hydrogen-bond acceptors (Lipinski definition) is 7. The number of nitrogens with zero attached hydrogens (tertiary/aromatic N) is 6. The number of phenolic OH excluding ortho intramolecular Hbond substituents is 1. The van der Waals surface area contributed by atoms with E-state index in [4.69, 9.17) is 0 Å². The van der Waals surface area contributed by atoms with Gasteiger partial charge in [0.25, 0.3) is 0 Å². The van der Waals surface area contributed by atoms with Crippen LogP contribution in [-0.2, 0) is 4.79 Å². The van der Waals surface area contributed by atoms with E-state index in [-0.39, 0.29) is 34.8 Å². The van der Waals surface area contributed by atoms with Crippen LogP contribution in [0.5, 0.6) is 5.75 Å². The number of piperazine rings is 1. The normalized spacial score (nSPS) is 20.8. The highest BCUT2D eigenvalue weighted by Crippen LogP contribution is 2.37. The molecule has 11 heteroatoms. The fourth-order valence-electron chi connectivity index (χ4n) is 5.77. The Labute approximate surface area is 236 Å². The summed E-state index contributed by atoms with van der Waals surface area (Å²) in [6.07, 6.45) is 6.27. The minimum absolute atomic E-state index is 0.104. The van der Waals surface area contributed by atoms with Crippen LogP contribution in [0.3, 0.4) is 0 Å². The first-order valence-electron chi connectivity index (χ1n) is 13.6. The van der Waals surface area contributed by atoms with Crippen molar-refractivity contribution >= 4 is 29.0 Å². The Morgan fingerprint density at radius 1 is 1.22 bits per heavy atom. The predicted octanol–water partition coefficient (Wildman–Crippen LogP) is 4.41. The summed E-state index contributed by atoms with van der Waals surface area (Å²) in [4.78, 5) is 43.2. The van der Waals surface area contributed by atoms with Crippen LogP contribution in [-0.4, -0.2) is 68.4 Å². The minimum atomic E-state index is -0.877. The Morgan fingerprint density at radius 2 is 2.00 bits per heavy atom. The average molecular weight is 563 g/mol. The molecule has 214 valence electrons. The number of phenols is 1. The Kier molecular flexibility index (Phi) is 7.70. The maximum absolute atomic E-state index is 15.8. The zero-order chi connectivity index (χ0) is 29.4. The lowest BCUT2D eigenvalue weighted by atomic mass is 9.94. The molecule has 1 amide bonds. The molecule has 3 aromatic rings. The number of allylic oxidation sites excluding steroid dienone is 1. The molecule has 5 rings (SSSR count). The molecule has 2 aliphatic rings. The number of pyridine rings is 1. The van der Waals surface area contributed by atoms with E-state index < -0.39 is 40.4 Å². The second-order valence-corrected chi connectivity index (χ2v) is 10.5. The zero-order valence-electron chi connectivity index (χ0n) is 23.2. The molecular weight excluding hydrogens is 530 g/mol. The summed E-state index contributed by atoms with van der Waals surface area (Å²) in [6.45, 7) is 10.4. The molecular formula is C30H32F2N6O3. The predicted molar refractivity (Wildman–Crippen MR) is 154 cm³/mol. The maximum atomic E-state index is 15.8. The van der Waals surface area contributed by atoms with Gasteiger partial charge < -0.3 is 14.9 Å². The summed E-state index contributed by atoms with van der Waals surface area (Å²) in [5.74, 6) is -2.18. The fraction of sp³-hybridized carbons (Fsp3) is 0.367. The molecule has 41 heavy (non-hydrogen) atoms. The minimum Gasteiger partial charge on any atom is -0.507 e. The number of aromatic hydroxyl groups is 1. The lowest BCUT2D eigenvalue weighted by Crippen LogP contribution is -2.54. The number of hydrogen-bond donors (Lipinski definition) is 1. The van der Waals surface area contributed by atoms with E-state index in [2.05, 4.69) is 21.5 Å². The number of halogens is 2. The Hall–Kier alpha value is -4.41. The topological polar surface area (TPSA) is 104 Å². The molecule has 1 saturated heterocycles. The fourth-order valence-corrected chi connectivity index (χ4v) is 5.77. The molecule has 2 aliphatic heterocycles. The number of fused-ring (bicyclic) bond motifs is 1. The van der Waals surface area contributed by atoms with Gasteiger partial charge in [-0.15, -0.1) is 0 Å². The van der Waals surface area contributed by atoms with Crippen molar-refractivity contribution in [1.82, 2.24) is 19.4 Å². The molecule has 1 fully saturated rings. The number of amides is 1. The summed E-state index contributed by atoms with van der Waals surface area (Å²) in [5.41, 5.74) is -0.466. The van der Waals surface area contributed by atoms with Crippen LogP contribution in [0.1, 0.15) is 39.7 Å². The van der Waals surface area contributed by atoms with E-state index in [0.717, 1.165) is 18.1 Å². The lowest BCUT2D eigenvalue weighted by molar-refractivity contribution is -0.126. The summed E-state index contributed by atoms with van der Waals surface area (Å²) >= 11 is 0. The molecule has 0 radical (unpaired) electrons. The van der Waals surface area contributed by atoms with Crippen LogP contribution in [0.25, 0.3) is 22.3 Å². The van der Waals surface area contributed by atoms with Crippen molar-refractivity contribution in [1.29, 1.82) is 0 Å². The van der Waals surface area contributed by atoms with E-state index >= 15 is 4.39 Å². The number of carbonyl (C=O) groups excluding carboxylic acids is 1. The number of benzene rings is 1. The van der Waals surface area contributed by atoms with Crippen LogP contribution >= 0.6 is 0 Å². The SMILES string of the molecule is C=CC(=O)N1CCN(c2nc(=O)n(C3C(C)=CC=NC3CCC)c3nc(-c4c(O)cccc4F)c(F)cc23)[C@@H](C)C1. The van der Waals surface area contributed by atoms with Crippen molar-refractivity contribution in [2.24, 2.45) is 4.99 Å². The van der Waals surface area contributed by atoms with Gasteiger partial charge >= 0.3 is 5.69 Å². The quantitative estimate of drug-likeness (QED) is 0.447. The number of dihydropyridines is 1. The third-order valence-electron chi connectivity index (χ3n) is 7.76. The van der Waals surface area contributed by atoms with E-state index in [0.29, 0.717) is 26.1 Å². The van der Waals surface area contributed by atoms with Gasteiger partial charge in [-0.3, -0.25) is 14.4 Å². The summed E-state index contributed by atoms with van der Waals surface area (Å²) in [6, 6.07) is 3.77. The van der Waals surface area contributed by atoms with Gasteiger partial charge in [0.05, 0.1) is 23.0 Å². The van der Waals surface area contributed by atoms with E-state index in [1.165, 1.54) is 28.8 Å². The molecule has 0 spiro atoms. The van der Waals surface area contributed by atoms with Crippen LogP contribution in [0.4, 0.5) is 14.6 Å². The second kappa shape index (κ2) is 11.2. The largest absolute Gasteiger partial charge is 0.507 e. The maximum Gasteiger partial charge on any atom is 0.351 e. The average Bonchev–Trinajstić information content (AvgIpc) is 2.94. The van der Waals surface area contributed by atoms with Crippen molar-refractivity contribution in [3.63, 3.8) is 0 Å². The van der Waals surface area contributed by atoms with Crippen molar-refractivity contribution < 1.29 is 18.7 Å². The van der Waals surface area contributed by atoms with E-state index in [1.54, 1.807) is 11.1 Å². The first-order chi connectivity index (χ1) is 19.7. The van der Waals surface area contributed by atoms with Crippen molar-refractivity contribution in [3.8, 4) is 17.0 Å². The zero-order valence-corrected chi connectivity index (χ0v) is 23.2. The van der Waals surface area contributed by atoms with Crippen LogP contribution in [0.15, 0.2) is 58.4 Å². The van der Waals surface area contributed by atoms with Gasteiger partial charge in [-0.2, -0.15) is 4.98 Å². The molecule has 0 aliphatic carbocycles. The summed E-state index contributed by atoms with van der Waals surface area (Å²) in [5, 5.41) is 10.7. The van der Waals surface area contributed by atoms with E-state index in [9.17, 15) is 19.1 Å². The van der Waals surface area contributed by atoms with Crippen LogP contribution in [0, 0.1) is 11.6 Å². The van der Waals surface area contributed by atoms with Crippen LogP contribution < -0.4 is 10.6 Å². The number of aliphatic imine (C=N–C) groups is 1. The molecule has 2 aromatic heterocycles. The Balaban J connectivity index is 1.77. The molecule has 3 atom stereocenters. The van der Waals surface area contributed by atoms with Gasteiger partial charge in [0.1, 0.15) is 28.7 Å². The summed E-state index contributed by atoms with van der Waals surface area (Å²) in [7, 11) is 0. The molecule has 1 aromatic carbocycles. The first-order valence-corrected chi connectivity index (χ1v) is 13.6. The Bertz CT molecular complexity index is 1630. The van der Waals surface area contributed by atoms with Crippen molar-refractivity contribution in [2.75, 3.05) is 24.5 Å². The van der Waals surface area contributed by atoms with Crippen molar-refractivity contribution in [3.05, 3.63) is 70.7 Å². The molecule has 9 nitrogen and oxygen atoms in total. The van der Waals surface area contributed by atoms with Crippen molar-refractivity contribution in [2.45, 2.75) is 51.7 Å². The first kappa shape index (κ1) is 28.1. The summed E-state index contributed by atoms with van der Waals surface area (Å²) < 4.78 is 32.1. The smallest absolute Gasteiger partial charge is 0.351 e. The molecule has 0 bridgehead atoms. The highest BCUT2D eigenvalue weighted by Gasteiger charge is 2.33. The number of carbonyl (C=O) groups is 1. The second-order valence-electron chi connectivity index (χ2n) is 10.5. The molecule has 1 N–H and O–H groups in total. The highest BCUT2D eigenvalue weighted by atomic mass is 19.1. The monoisotopic (exact) mass is 562 g/mol. The molecule has 0 saturated carbocycles. The molecule has 4 heterocycles. The van der Waals surface area contributed by atoms with Gasteiger partial charge in [0.15, 0.2) is 5.82 Å². The third-order valence-corrected chi connectivity index (χ3v) is 7.76. The number of anilines is 1. The lowest BCUT2D eigenvalue weighted by Gasteiger charge is -2.40. The van der Waals surface area contributed by atoms with Gasteiger partial charge in [-0.1, -0.05) is 26.0 Å². The van der Waals surface area contributed by atoms with Gasteiger partial charge in [-0.05, 0) is 56.2 Å². The van der Waals surface area contributed by atoms with Gasteiger partial charge in [0, 0.05) is 31.9 Å². The Morgan fingerprint density at radius 3 is 2.68 bits per heavy atom. The van der Waals surface area contributed by atoms with Gasteiger partial charge in [-0.25, -0.2) is 18.6 Å². The third kappa shape index (κ3) is 5.00.